The van der Waals surface area contributed by atoms with Crippen LogP contribution in [0.4, 0.5) is 10.5 Å². The highest BCUT2D eigenvalue weighted by atomic mass is 32.2. The minimum Gasteiger partial charge on any atom is -0.336 e. The van der Waals surface area contributed by atoms with Gasteiger partial charge in [-0.15, -0.1) is 0 Å². The molecule has 28 heavy (non-hydrogen) atoms. The van der Waals surface area contributed by atoms with E-state index < -0.39 is 21.1 Å². The summed E-state index contributed by atoms with van der Waals surface area (Å²) in [6.07, 6.45) is 3.09. The summed E-state index contributed by atoms with van der Waals surface area (Å²) >= 11 is 0. The second kappa shape index (κ2) is 8.67. The van der Waals surface area contributed by atoms with Gasteiger partial charge < -0.3 is 10.6 Å². The molecule has 0 aliphatic rings. The second-order valence-corrected chi connectivity index (χ2v) is 8.46. The quantitative estimate of drug-likeness (QED) is 0.666. The Morgan fingerprint density at radius 1 is 1.00 bits per heavy atom. The zero-order valence-electron chi connectivity index (χ0n) is 15.4. The smallest absolute Gasteiger partial charge is 0.319 e. The van der Waals surface area contributed by atoms with Crippen molar-refractivity contribution in [3.05, 3.63) is 90.3 Å². The number of hydrogen-bond donors (Lipinski definition) is 2. The minimum atomic E-state index is -3.72. The maximum atomic E-state index is 13.2. The van der Waals surface area contributed by atoms with Crippen LogP contribution in [0.2, 0.25) is 0 Å². The molecule has 0 unspecified atom stereocenters. The Labute approximate surface area is 164 Å². The Hall–Kier alpha value is -3.19. The number of benzene rings is 2. The van der Waals surface area contributed by atoms with E-state index in [0.29, 0.717) is 11.3 Å². The van der Waals surface area contributed by atoms with Gasteiger partial charge in [-0.3, -0.25) is 4.98 Å². The number of sulfone groups is 1. The lowest BCUT2D eigenvalue weighted by Crippen LogP contribution is -2.35. The molecule has 0 fully saturated rings. The van der Waals surface area contributed by atoms with Crippen LogP contribution < -0.4 is 10.6 Å². The number of nitrogens with zero attached hydrogens (tertiary/aromatic N) is 1. The number of para-hydroxylation sites is 1. The molecule has 144 valence electrons. The van der Waals surface area contributed by atoms with Crippen molar-refractivity contribution in [2.24, 2.45) is 0 Å². The Balaban J connectivity index is 1.82. The number of nitrogens with one attached hydrogen (secondary N) is 2. The molecule has 1 aromatic heterocycles. The van der Waals surface area contributed by atoms with Crippen LogP contribution in [0.1, 0.15) is 16.4 Å². The normalized spacial score (nSPS) is 12.2. The lowest BCUT2D eigenvalue weighted by Gasteiger charge is -2.19. The molecule has 0 bridgehead atoms. The van der Waals surface area contributed by atoms with Crippen LogP contribution in [0.25, 0.3) is 0 Å². The summed E-state index contributed by atoms with van der Waals surface area (Å²) in [7, 11) is -3.72. The van der Waals surface area contributed by atoms with Gasteiger partial charge in [0.15, 0.2) is 9.84 Å². The highest BCUT2D eigenvalue weighted by Gasteiger charge is 2.29. The predicted octanol–water partition coefficient (Wildman–Crippen LogP) is 3.73. The molecule has 0 saturated carbocycles. The van der Waals surface area contributed by atoms with Crippen LogP contribution in [-0.4, -0.2) is 26.0 Å². The number of urea groups is 1. The van der Waals surface area contributed by atoms with Crippen molar-refractivity contribution in [3.63, 3.8) is 0 Å². The van der Waals surface area contributed by atoms with Gasteiger partial charge >= 0.3 is 6.03 Å². The molecule has 0 spiro atoms. The number of aromatic nitrogens is 1. The van der Waals surface area contributed by atoms with Crippen LogP contribution >= 0.6 is 0 Å². The molecule has 0 saturated heterocycles. The molecule has 7 heteroatoms. The molecular weight excluding hydrogens is 374 g/mol. The van der Waals surface area contributed by atoms with E-state index in [-0.39, 0.29) is 11.4 Å². The monoisotopic (exact) mass is 395 g/mol. The molecule has 6 nitrogen and oxygen atoms in total. The van der Waals surface area contributed by atoms with Gasteiger partial charge in [-0.1, -0.05) is 42.0 Å². The molecule has 0 radical (unpaired) electrons. The van der Waals surface area contributed by atoms with Gasteiger partial charge in [0, 0.05) is 24.6 Å². The summed E-state index contributed by atoms with van der Waals surface area (Å²) in [5, 5.41) is 4.39. The van der Waals surface area contributed by atoms with E-state index in [2.05, 4.69) is 15.6 Å². The fourth-order valence-electron chi connectivity index (χ4n) is 2.75. The number of hydrogen-bond acceptors (Lipinski definition) is 4. The van der Waals surface area contributed by atoms with E-state index >= 15 is 0 Å². The molecule has 2 amide bonds. The van der Waals surface area contributed by atoms with Gasteiger partial charge in [0.25, 0.3) is 0 Å². The molecular formula is C21H21N3O3S. The Kier molecular flexibility index (Phi) is 6.06. The van der Waals surface area contributed by atoms with Crippen molar-refractivity contribution in [3.8, 4) is 0 Å². The van der Waals surface area contributed by atoms with Gasteiger partial charge in [-0.25, -0.2) is 13.2 Å². The first-order valence-electron chi connectivity index (χ1n) is 8.77. The van der Waals surface area contributed by atoms with E-state index in [1.807, 2.05) is 13.0 Å². The molecule has 1 atom stereocenters. The fourth-order valence-corrected chi connectivity index (χ4v) is 4.39. The van der Waals surface area contributed by atoms with Gasteiger partial charge in [0.05, 0.1) is 4.90 Å². The summed E-state index contributed by atoms with van der Waals surface area (Å²) < 4.78 is 26.4. The van der Waals surface area contributed by atoms with Crippen LogP contribution in [0.15, 0.2) is 84.0 Å². The van der Waals surface area contributed by atoms with E-state index in [0.717, 1.165) is 5.56 Å². The zero-order valence-corrected chi connectivity index (χ0v) is 16.2. The summed E-state index contributed by atoms with van der Waals surface area (Å²) in [5.74, 6) is 0. The molecule has 3 aromatic rings. The first kappa shape index (κ1) is 19.6. The van der Waals surface area contributed by atoms with E-state index in [1.54, 1.807) is 66.9 Å². The number of carbonyl (C=O) groups is 1. The lowest BCUT2D eigenvalue weighted by atomic mass is 10.2. The number of anilines is 1. The van der Waals surface area contributed by atoms with Gasteiger partial charge in [-0.2, -0.15) is 0 Å². The maximum Gasteiger partial charge on any atom is 0.319 e. The largest absolute Gasteiger partial charge is 0.336 e. The Morgan fingerprint density at radius 2 is 1.71 bits per heavy atom. The molecule has 2 N–H and O–H groups in total. The van der Waals surface area contributed by atoms with Crippen molar-refractivity contribution in [2.45, 2.75) is 17.1 Å². The number of carbonyl (C=O) groups excluding carboxylic acids is 1. The van der Waals surface area contributed by atoms with Crippen LogP contribution in [0, 0.1) is 6.92 Å². The van der Waals surface area contributed by atoms with Crippen molar-refractivity contribution < 1.29 is 13.2 Å². The summed E-state index contributed by atoms with van der Waals surface area (Å²) in [5.41, 5.74) is 2.11. The third-order valence-electron chi connectivity index (χ3n) is 4.26. The van der Waals surface area contributed by atoms with Crippen molar-refractivity contribution in [2.75, 3.05) is 11.9 Å². The van der Waals surface area contributed by atoms with Crippen molar-refractivity contribution >= 4 is 21.6 Å². The lowest BCUT2D eigenvalue weighted by molar-refractivity contribution is 0.252. The van der Waals surface area contributed by atoms with Gasteiger partial charge in [0.1, 0.15) is 5.25 Å². The number of rotatable bonds is 6. The van der Waals surface area contributed by atoms with Crippen molar-refractivity contribution in [1.82, 2.24) is 10.3 Å². The average Bonchev–Trinajstić information content (AvgIpc) is 2.70. The number of amides is 2. The molecule has 3 rings (SSSR count). The third kappa shape index (κ3) is 4.75. The average molecular weight is 395 g/mol. The molecule has 0 aliphatic heterocycles. The molecule has 1 heterocycles. The highest BCUT2D eigenvalue weighted by molar-refractivity contribution is 7.91. The van der Waals surface area contributed by atoms with Crippen LogP contribution in [-0.2, 0) is 9.84 Å². The SMILES string of the molecule is Cc1ccc(S(=O)(=O)[C@H](CNC(=O)Nc2ccccc2)c2cccnc2)cc1. The van der Waals surface area contributed by atoms with Crippen LogP contribution in [0.5, 0.6) is 0 Å². The van der Waals surface area contributed by atoms with E-state index in [4.69, 9.17) is 0 Å². The van der Waals surface area contributed by atoms with E-state index in [1.165, 1.54) is 6.20 Å². The standard InChI is InChI=1S/C21H21N3O3S/c1-16-9-11-19(12-10-16)28(26,27)20(17-6-5-13-22-14-17)15-23-21(25)24-18-7-3-2-4-8-18/h2-14,20H,15H2,1H3,(H2,23,24,25)/t20-/m1/s1. The summed E-state index contributed by atoms with van der Waals surface area (Å²) in [6, 6.07) is 18.5. The first-order valence-corrected chi connectivity index (χ1v) is 10.3. The zero-order chi connectivity index (χ0) is 20.0. The van der Waals surface area contributed by atoms with Gasteiger partial charge in [0.2, 0.25) is 0 Å². The minimum absolute atomic E-state index is 0.0828. The third-order valence-corrected chi connectivity index (χ3v) is 6.38. The predicted molar refractivity (Wildman–Crippen MR) is 109 cm³/mol. The van der Waals surface area contributed by atoms with E-state index in [9.17, 15) is 13.2 Å². The number of pyridine rings is 1. The summed E-state index contributed by atoms with van der Waals surface area (Å²) in [6.45, 7) is 1.81. The fraction of sp³-hybridized carbons (Fsp3) is 0.143. The van der Waals surface area contributed by atoms with Crippen molar-refractivity contribution in [1.29, 1.82) is 0 Å². The highest BCUT2D eigenvalue weighted by Crippen LogP contribution is 2.28. The van der Waals surface area contributed by atoms with Gasteiger partial charge in [-0.05, 0) is 42.8 Å². The molecule has 0 aliphatic carbocycles. The topological polar surface area (TPSA) is 88.2 Å². The molecule has 2 aromatic carbocycles. The number of aryl methyl sites for hydroxylation is 1. The Bertz CT molecular complexity index is 1020. The summed E-state index contributed by atoms with van der Waals surface area (Å²) in [4.78, 5) is 16.5. The first-order chi connectivity index (χ1) is 13.5. The second-order valence-electron chi connectivity index (χ2n) is 6.33. The van der Waals surface area contributed by atoms with Crippen LogP contribution in [0.3, 0.4) is 0 Å². The maximum absolute atomic E-state index is 13.2. The Morgan fingerprint density at radius 3 is 2.36 bits per heavy atom.